The molecule has 0 aliphatic rings. The van der Waals surface area contributed by atoms with Crippen LogP contribution in [-0.4, -0.2) is 18.3 Å². The number of benzene rings is 16. The van der Waals surface area contributed by atoms with Crippen molar-refractivity contribution in [2.75, 3.05) is 0 Å². The van der Waals surface area contributed by atoms with E-state index in [0.717, 1.165) is 5.69 Å². The highest BCUT2D eigenvalue weighted by atomic mass is 32.1. The smallest absolute Gasteiger partial charge is 0.0555 e. The number of para-hydroxylation sites is 6. The molecule has 0 fully saturated rings. The van der Waals surface area contributed by atoms with E-state index in [2.05, 4.69) is 382 Å². The SMILES string of the molecule is c1ccc(-c2cc(-c3ccc4c(c3)c3ccccc3n4-c3cccc4sc5ccccc5c34)cc(-n3c4ccccc4c4ccccc43)c2)cc1.c1ccc(-n2c3ccccc3c3cc(-c4cccc(-c5ccc6c(c5)c5ccccc5n6-c5cccc6sc7ccccc7c56)c4)ccc32)cc1. The Morgan fingerprint density at radius 3 is 0.912 bits per heavy atom. The van der Waals surface area contributed by atoms with E-state index < -0.39 is 0 Å². The molecule has 0 atom stereocenters. The summed E-state index contributed by atoms with van der Waals surface area (Å²) >= 11 is 3.74. The van der Waals surface area contributed by atoms with Crippen LogP contribution < -0.4 is 0 Å². The zero-order valence-electron chi connectivity index (χ0n) is 55.2. The molecule has 0 aliphatic carbocycles. The summed E-state index contributed by atoms with van der Waals surface area (Å²) in [7, 11) is 0. The number of thiophene rings is 2. The number of aromatic nitrogens is 4. The van der Waals surface area contributed by atoms with Gasteiger partial charge in [-0.2, -0.15) is 0 Å². The topological polar surface area (TPSA) is 19.7 Å². The monoisotopic (exact) mass is 1330 g/mol. The molecule has 0 N–H and O–H groups in total. The van der Waals surface area contributed by atoms with Gasteiger partial charge in [-0.1, -0.05) is 224 Å². The van der Waals surface area contributed by atoms with Crippen LogP contribution in [-0.2, 0) is 0 Å². The molecule has 0 amide bonds. The average Bonchev–Trinajstić information content (AvgIpc) is 1.57. The minimum atomic E-state index is 1.15. The van der Waals surface area contributed by atoms with Gasteiger partial charge in [-0.25, -0.2) is 0 Å². The third kappa shape index (κ3) is 9.20. The van der Waals surface area contributed by atoms with Crippen molar-refractivity contribution in [2.45, 2.75) is 0 Å². The predicted octanol–water partition coefficient (Wildman–Crippen LogP) is 27.2. The minimum absolute atomic E-state index is 1.15. The van der Waals surface area contributed by atoms with E-state index in [9.17, 15) is 0 Å². The maximum absolute atomic E-state index is 2.47. The first-order valence-electron chi connectivity index (χ1n) is 34.9. The van der Waals surface area contributed by atoms with Crippen molar-refractivity contribution in [1.82, 2.24) is 18.3 Å². The summed E-state index contributed by atoms with van der Waals surface area (Å²) in [5.74, 6) is 0. The fourth-order valence-electron chi connectivity index (χ4n) is 16.5. The van der Waals surface area contributed by atoms with Gasteiger partial charge in [-0.3, -0.25) is 0 Å². The van der Waals surface area contributed by atoms with Gasteiger partial charge in [-0.05, 0) is 184 Å². The van der Waals surface area contributed by atoms with E-state index in [1.54, 1.807) is 0 Å². The Morgan fingerprint density at radius 1 is 0.157 bits per heavy atom. The quantitative estimate of drug-likeness (QED) is 0.144. The standard InChI is InChI=1S/2C48H30N2S/c1-2-13-31(14-3-1)33-27-34(29-35(28-33)49-41-19-8-4-15-36(41)37-16-5-9-20-42(37)49)32-25-26-44-40(30-32)38-17-6-10-21-43(38)50(44)45-22-12-24-47-48(45)39-18-7-11-23-46(39)51-47;1-2-14-35(15-3-1)49-41-19-7-4-16-36(41)39-29-33(24-26-43(39)49)31-12-10-13-32(28-31)34-25-27-44-40(30-34)37-17-5-8-20-42(37)50(44)45-21-11-23-47-48(45)38-18-6-9-22-46(38)51-47/h2*1-30H. The molecule has 4 nitrogen and oxygen atoms in total. The molecule has 6 heterocycles. The van der Waals surface area contributed by atoms with E-state index >= 15 is 0 Å². The Kier molecular flexibility index (Phi) is 13.3. The number of nitrogens with zero attached hydrogens (tertiary/aromatic N) is 4. The number of fused-ring (bicyclic) bond motifs is 18. The lowest BCUT2D eigenvalue weighted by Gasteiger charge is -2.14. The summed E-state index contributed by atoms with van der Waals surface area (Å²) < 4.78 is 15.0. The number of hydrogen-bond acceptors (Lipinski definition) is 2. The zero-order chi connectivity index (χ0) is 66.9. The molecule has 0 unspecified atom stereocenters. The van der Waals surface area contributed by atoms with Gasteiger partial charge in [0.2, 0.25) is 0 Å². The van der Waals surface area contributed by atoms with Crippen molar-refractivity contribution < 1.29 is 0 Å². The average molecular weight is 1330 g/mol. The van der Waals surface area contributed by atoms with E-state index in [-0.39, 0.29) is 0 Å². The second-order valence-corrected chi connectivity index (χ2v) is 28.8. The van der Waals surface area contributed by atoms with Crippen LogP contribution in [0.4, 0.5) is 0 Å². The number of hydrogen-bond donors (Lipinski definition) is 0. The molecule has 16 aromatic carbocycles. The molecule has 22 rings (SSSR count). The van der Waals surface area contributed by atoms with Crippen molar-refractivity contribution in [3.8, 4) is 67.3 Å². The summed E-state index contributed by atoms with van der Waals surface area (Å²) in [4.78, 5) is 0. The Hall–Kier alpha value is -12.8. The van der Waals surface area contributed by atoms with E-state index in [1.165, 1.54) is 189 Å². The zero-order valence-corrected chi connectivity index (χ0v) is 56.9. The van der Waals surface area contributed by atoms with Crippen LogP contribution in [0.5, 0.6) is 0 Å². The second kappa shape index (κ2) is 23.4. The fraction of sp³-hybridized carbons (Fsp3) is 0. The first kappa shape index (κ1) is 58.2. The first-order valence-corrected chi connectivity index (χ1v) is 36.5. The van der Waals surface area contributed by atoms with Crippen LogP contribution in [0.1, 0.15) is 0 Å². The normalized spacial score (nSPS) is 11.9. The molecule has 6 heteroatoms. The van der Waals surface area contributed by atoms with E-state index in [1.807, 2.05) is 22.7 Å². The van der Waals surface area contributed by atoms with Crippen LogP contribution in [0.25, 0.3) is 195 Å². The molecule has 0 radical (unpaired) electrons. The van der Waals surface area contributed by atoms with Crippen molar-refractivity contribution >= 4 is 150 Å². The third-order valence-corrected chi connectivity index (χ3v) is 23.3. The number of rotatable bonds is 8. The van der Waals surface area contributed by atoms with Crippen LogP contribution in [0.15, 0.2) is 364 Å². The highest BCUT2D eigenvalue weighted by Gasteiger charge is 2.22. The summed E-state index contributed by atoms with van der Waals surface area (Å²) in [6.07, 6.45) is 0. The summed E-state index contributed by atoms with van der Waals surface area (Å²) in [6.45, 7) is 0. The van der Waals surface area contributed by atoms with Crippen molar-refractivity contribution in [1.29, 1.82) is 0 Å². The third-order valence-electron chi connectivity index (χ3n) is 21.0. The lowest BCUT2D eigenvalue weighted by molar-refractivity contribution is 1.18. The maximum Gasteiger partial charge on any atom is 0.0555 e. The largest absolute Gasteiger partial charge is 0.309 e. The summed E-state index contributed by atoms with van der Waals surface area (Å²) in [5, 5.41) is 15.4. The van der Waals surface area contributed by atoms with Crippen LogP contribution in [0.3, 0.4) is 0 Å². The van der Waals surface area contributed by atoms with E-state index in [0.29, 0.717) is 0 Å². The molecule has 476 valence electrons. The molecule has 0 saturated carbocycles. The van der Waals surface area contributed by atoms with Gasteiger partial charge < -0.3 is 18.3 Å². The van der Waals surface area contributed by atoms with Gasteiger partial charge in [0.1, 0.15) is 0 Å². The Labute approximate surface area is 595 Å². The van der Waals surface area contributed by atoms with Gasteiger partial charge in [-0.15, -0.1) is 22.7 Å². The predicted molar refractivity (Wildman–Crippen MR) is 438 cm³/mol. The first-order chi connectivity index (χ1) is 50.6. The molecule has 0 bridgehead atoms. The summed E-state index contributed by atoms with van der Waals surface area (Å²) in [6, 6.07) is 133. The Bertz CT molecular complexity index is 7080. The van der Waals surface area contributed by atoms with Gasteiger partial charge in [0.05, 0.1) is 55.5 Å². The van der Waals surface area contributed by atoms with Crippen LogP contribution in [0, 0.1) is 0 Å². The highest BCUT2D eigenvalue weighted by Crippen LogP contribution is 2.46. The molecule has 102 heavy (non-hydrogen) atoms. The highest BCUT2D eigenvalue weighted by molar-refractivity contribution is 7.26. The summed E-state index contributed by atoms with van der Waals surface area (Å²) in [5.41, 5.74) is 24.2. The van der Waals surface area contributed by atoms with E-state index in [4.69, 9.17) is 0 Å². The molecule has 22 aromatic rings. The Balaban J connectivity index is 0.000000133. The molecule has 0 spiro atoms. The van der Waals surface area contributed by atoms with Crippen molar-refractivity contribution in [3.05, 3.63) is 364 Å². The fourth-order valence-corrected chi connectivity index (χ4v) is 18.8. The maximum atomic E-state index is 2.47. The van der Waals surface area contributed by atoms with Crippen molar-refractivity contribution in [2.24, 2.45) is 0 Å². The van der Waals surface area contributed by atoms with Gasteiger partial charge in [0.15, 0.2) is 0 Å². The van der Waals surface area contributed by atoms with Gasteiger partial charge >= 0.3 is 0 Å². The molecule has 0 aliphatic heterocycles. The lowest BCUT2D eigenvalue weighted by Crippen LogP contribution is -1.96. The molecular formula is C96H60N4S2. The van der Waals surface area contributed by atoms with Crippen molar-refractivity contribution in [3.63, 3.8) is 0 Å². The Morgan fingerprint density at radius 2 is 0.451 bits per heavy atom. The van der Waals surface area contributed by atoms with Crippen LogP contribution in [0.2, 0.25) is 0 Å². The van der Waals surface area contributed by atoms with Crippen LogP contribution >= 0.6 is 22.7 Å². The molecule has 6 aromatic heterocycles. The second-order valence-electron chi connectivity index (χ2n) is 26.7. The van der Waals surface area contributed by atoms with Gasteiger partial charge in [0, 0.05) is 94.8 Å². The molecular weight excluding hydrogens is 1270 g/mol. The van der Waals surface area contributed by atoms with Gasteiger partial charge in [0.25, 0.3) is 0 Å². The minimum Gasteiger partial charge on any atom is -0.309 e. The molecule has 0 saturated heterocycles. The lowest BCUT2D eigenvalue weighted by atomic mass is 9.96.